The molecular weight excluding hydrogens is 184 g/mol. The summed E-state index contributed by atoms with van der Waals surface area (Å²) in [4.78, 5) is 0. The Morgan fingerprint density at radius 1 is 1.07 bits per heavy atom. The van der Waals surface area contributed by atoms with Gasteiger partial charge in [-0.25, -0.2) is 0 Å². The summed E-state index contributed by atoms with van der Waals surface area (Å²) in [6, 6.07) is 14.6. The van der Waals surface area contributed by atoms with Crippen LogP contribution in [0.2, 0.25) is 0 Å². The van der Waals surface area contributed by atoms with Crippen LogP contribution in [0, 0.1) is 0 Å². The van der Waals surface area contributed by atoms with E-state index >= 15 is 0 Å². The first-order valence-electron chi connectivity index (χ1n) is 5.28. The van der Waals surface area contributed by atoms with Crippen LogP contribution >= 0.6 is 0 Å². The lowest BCUT2D eigenvalue weighted by molar-refractivity contribution is 0.673. The fraction of sp³-hybridized carbons (Fsp3) is 0.143. The summed E-state index contributed by atoms with van der Waals surface area (Å²) in [6.07, 6.45) is 1.03. The van der Waals surface area contributed by atoms with Crippen LogP contribution in [0.1, 0.15) is 12.5 Å². The number of rotatable bonds is 2. The molecular formula is C14H12O. The Labute approximate surface area is 88.7 Å². The Morgan fingerprint density at radius 3 is 2.53 bits per heavy atom. The van der Waals surface area contributed by atoms with Crippen molar-refractivity contribution < 1.29 is 4.42 Å². The summed E-state index contributed by atoms with van der Waals surface area (Å²) in [5, 5.41) is 0. The highest BCUT2D eigenvalue weighted by Gasteiger charge is 2.13. The second-order valence-corrected chi connectivity index (χ2v) is 3.78. The van der Waals surface area contributed by atoms with Crippen molar-refractivity contribution in [3.05, 3.63) is 48.0 Å². The van der Waals surface area contributed by atoms with Crippen molar-refractivity contribution in [1.82, 2.24) is 0 Å². The molecule has 74 valence electrons. The molecule has 0 saturated carbocycles. The lowest BCUT2D eigenvalue weighted by Gasteiger charge is -1.99. The van der Waals surface area contributed by atoms with Gasteiger partial charge in [0, 0.05) is 5.56 Å². The second kappa shape index (κ2) is 3.13. The van der Waals surface area contributed by atoms with Gasteiger partial charge < -0.3 is 4.42 Å². The predicted octanol–water partition coefficient (Wildman–Crippen LogP) is 4.10. The molecule has 0 aliphatic carbocycles. The molecule has 3 aromatic rings. The lowest BCUT2D eigenvalue weighted by atomic mass is 10.0. The van der Waals surface area contributed by atoms with Crippen LogP contribution < -0.4 is 0 Å². The average Bonchev–Trinajstić information content (AvgIpc) is 2.89. The number of furan rings is 2. The standard InChI is InChI=1S/C14H12O/c1-2-10-8-12-9-13(14(10)15-12)11-6-4-3-5-7-11/h3-9H,2H2,1H3. The van der Waals surface area contributed by atoms with Gasteiger partial charge in [0.25, 0.3) is 0 Å². The van der Waals surface area contributed by atoms with E-state index < -0.39 is 0 Å². The molecule has 0 amide bonds. The minimum absolute atomic E-state index is 0.987. The van der Waals surface area contributed by atoms with Crippen molar-refractivity contribution >= 4 is 11.2 Å². The SMILES string of the molecule is CCc1cc2cc(-c3ccccc3)c1o2. The van der Waals surface area contributed by atoms with Gasteiger partial charge in [-0.3, -0.25) is 0 Å². The largest absolute Gasteiger partial charge is 0.456 e. The van der Waals surface area contributed by atoms with E-state index in [-0.39, 0.29) is 0 Å². The van der Waals surface area contributed by atoms with E-state index in [4.69, 9.17) is 4.42 Å². The molecule has 0 unspecified atom stereocenters. The molecule has 1 nitrogen and oxygen atoms in total. The third-order valence-electron chi connectivity index (χ3n) is 2.82. The molecule has 0 fully saturated rings. The van der Waals surface area contributed by atoms with Gasteiger partial charge in [0.2, 0.25) is 0 Å². The molecule has 1 aromatic carbocycles. The number of hydrogen-bond acceptors (Lipinski definition) is 1. The molecule has 0 atom stereocenters. The zero-order chi connectivity index (χ0) is 10.3. The van der Waals surface area contributed by atoms with Crippen LogP contribution in [0.4, 0.5) is 0 Å². The first kappa shape index (κ1) is 8.54. The zero-order valence-electron chi connectivity index (χ0n) is 8.66. The van der Waals surface area contributed by atoms with Gasteiger partial charge in [0.15, 0.2) is 0 Å². The molecule has 0 radical (unpaired) electrons. The average molecular weight is 196 g/mol. The van der Waals surface area contributed by atoms with Crippen LogP contribution in [0.25, 0.3) is 22.3 Å². The number of benzene rings is 2. The molecule has 0 N–H and O–H groups in total. The molecule has 1 heteroatoms. The van der Waals surface area contributed by atoms with E-state index in [1.807, 2.05) is 6.07 Å². The zero-order valence-corrected chi connectivity index (χ0v) is 8.66. The van der Waals surface area contributed by atoms with Gasteiger partial charge in [0.05, 0.1) is 0 Å². The minimum Gasteiger partial charge on any atom is -0.456 e. The predicted molar refractivity (Wildman–Crippen MR) is 62.2 cm³/mol. The third kappa shape index (κ3) is 1.23. The highest BCUT2D eigenvalue weighted by atomic mass is 16.3. The smallest absolute Gasteiger partial charge is 0.138 e. The summed E-state index contributed by atoms with van der Waals surface area (Å²) in [6.45, 7) is 2.16. The monoisotopic (exact) mass is 196 g/mol. The summed E-state index contributed by atoms with van der Waals surface area (Å²) in [5.41, 5.74) is 5.82. The van der Waals surface area contributed by atoms with E-state index in [1.165, 1.54) is 16.7 Å². The molecule has 0 aliphatic heterocycles. The van der Waals surface area contributed by atoms with E-state index in [9.17, 15) is 0 Å². The van der Waals surface area contributed by atoms with Crippen LogP contribution in [-0.4, -0.2) is 0 Å². The quantitative estimate of drug-likeness (QED) is 0.601. The molecule has 3 rings (SSSR count). The van der Waals surface area contributed by atoms with Crippen molar-refractivity contribution in [2.24, 2.45) is 0 Å². The van der Waals surface area contributed by atoms with Crippen molar-refractivity contribution in [2.75, 3.05) is 0 Å². The summed E-state index contributed by atoms with van der Waals surface area (Å²) in [5.74, 6) is 0. The van der Waals surface area contributed by atoms with E-state index in [0.29, 0.717) is 0 Å². The molecule has 2 aromatic heterocycles. The highest BCUT2D eigenvalue weighted by molar-refractivity contribution is 5.88. The second-order valence-electron chi connectivity index (χ2n) is 3.78. The van der Waals surface area contributed by atoms with Crippen LogP contribution in [0.3, 0.4) is 0 Å². The minimum atomic E-state index is 0.987. The van der Waals surface area contributed by atoms with Gasteiger partial charge in [-0.15, -0.1) is 0 Å². The fourth-order valence-corrected chi connectivity index (χ4v) is 2.05. The number of hydrogen-bond donors (Lipinski definition) is 0. The lowest BCUT2D eigenvalue weighted by Crippen LogP contribution is -1.80. The Kier molecular flexibility index (Phi) is 1.78. The molecule has 15 heavy (non-hydrogen) atoms. The van der Waals surface area contributed by atoms with Gasteiger partial charge in [0.1, 0.15) is 11.2 Å². The van der Waals surface area contributed by atoms with Crippen molar-refractivity contribution in [3.8, 4) is 11.1 Å². The van der Waals surface area contributed by atoms with Crippen molar-refractivity contribution in [2.45, 2.75) is 13.3 Å². The topological polar surface area (TPSA) is 13.1 Å². The maximum Gasteiger partial charge on any atom is 0.138 e. The highest BCUT2D eigenvalue weighted by Crippen LogP contribution is 2.34. The third-order valence-corrected chi connectivity index (χ3v) is 2.82. The van der Waals surface area contributed by atoms with Crippen LogP contribution in [0.15, 0.2) is 46.9 Å². The van der Waals surface area contributed by atoms with Gasteiger partial charge in [-0.05, 0) is 29.7 Å². The van der Waals surface area contributed by atoms with Gasteiger partial charge >= 0.3 is 0 Å². The van der Waals surface area contributed by atoms with Gasteiger partial charge in [-0.1, -0.05) is 37.3 Å². The first-order valence-corrected chi connectivity index (χ1v) is 5.28. The molecule has 2 heterocycles. The summed E-state index contributed by atoms with van der Waals surface area (Å²) < 4.78 is 5.69. The Balaban J connectivity index is 2.22. The Morgan fingerprint density at radius 2 is 1.87 bits per heavy atom. The van der Waals surface area contributed by atoms with E-state index in [1.54, 1.807) is 0 Å². The van der Waals surface area contributed by atoms with Crippen molar-refractivity contribution in [1.29, 1.82) is 0 Å². The van der Waals surface area contributed by atoms with Crippen molar-refractivity contribution in [3.63, 3.8) is 0 Å². The van der Waals surface area contributed by atoms with E-state index in [0.717, 1.165) is 17.6 Å². The Bertz CT molecular complexity index is 563. The van der Waals surface area contributed by atoms with Crippen LogP contribution in [0.5, 0.6) is 0 Å². The fourth-order valence-electron chi connectivity index (χ4n) is 2.05. The molecule has 0 saturated heterocycles. The molecule has 0 spiro atoms. The Hall–Kier alpha value is -1.76. The van der Waals surface area contributed by atoms with Gasteiger partial charge in [-0.2, -0.15) is 0 Å². The number of aryl methyl sites for hydroxylation is 1. The van der Waals surface area contributed by atoms with Crippen LogP contribution in [-0.2, 0) is 6.42 Å². The van der Waals surface area contributed by atoms with E-state index in [2.05, 4.69) is 43.3 Å². The number of fused-ring (bicyclic) bond motifs is 2. The molecule has 2 bridgehead atoms. The first-order chi connectivity index (χ1) is 7.38. The normalized spacial score (nSPS) is 11.3. The summed E-state index contributed by atoms with van der Waals surface area (Å²) >= 11 is 0. The maximum absolute atomic E-state index is 5.69. The molecule has 0 aliphatic rings. The summed E-state index contributed by atoms with van der Waals surface area (Å²) in [7, 11) is 0. The maximum atomic E-state index is 5.69.